The first-order chi connectivity index (χ1) is 39.6. The Morgan fingerprint density at radius 2 is 1.02 bits per heavy atom. The third kappa shape index (κ3) is 12.5. The Morgan fingerprint density at radius 3 is 1.41 bits per heavy atom. The van der Waals surface area contributed by atoms with E-state index in [1.165, 1.54) is 52.2 Å². The largest absolute Gasteiger partial charge is 0.444 e. The van der Waals surface area contributed by atoms with Gasteiger partial charge in [0.2, 0.25) is 0 Å². The van der Waals surface area contributed by atoms with Crippen molar-refractivity contribution in [2.24, 2.45) is 11.8 Å². The van der Waals surface area contributed by atoms with E-state index in [0.717, 1.165) is 33.4 Å². The number of hydrogen-bond donors (Lipinski definition) is 0. The number of benzene rings is 2. The molecule has 442 valence electrons. The molecule has 2 aliphatic heterocycles. The zero-order valence-electron chi connectivity index (χ0n) is 45.9. The predicted molar refractivity (Wildman–Crippen MR) is 285 cm³/mol. The van der Waals surface area contributed by atoms with Crippen molar-refractivity contribution in [3.63, 3.8) is 0 Å². The SMILES string of the molecule is CCCn1c(=O)c2c(nc(-c3cnn(Cc4cccc(C(F)(F)F)c4)c3)n2COC(=O)C2CN(C)C2)n(CC)c1=O.CCCn1c(=O)c2c(nc(-c3cnn(Cc4cccc(C(F)(F)F)c4)c3)n2COC(=O)C2COCOC2)n(CC)c1=O. The highest BCUT2D eigenvalue weighted by Gasteiger charge is 2.34. The van der Waals surface area contributed by atoms with E-state index in [1.807, 2.05) is 25.8 Å². The van der Waals surface area contributed by atoms with Gasteiger partial charge in [0.05, 0.1) is 66.9 Å². The molecule has 10 rings (SSSR count). The molecule has 0 spiro atoms. The molecule has 0 saturated carbocycles. The van der Waals surface area contributed by atoms with Crippen molar-refractivity contribution >= 4 is 34.3 Å². The van der Waals surface area contributed by atoms with Crippen LogP contribution in [0.15, 0.2) is 92.5 Å². The summed E-state index contributed by atoms with van der Waals surface area (Å²) < 4.78 is 111. The number of alkyl halides is 6. The molecule has 23 nitrogen and oxygen atoms in total. The van der Waals surface area contributed by atoms with Crippen molar-refractivity contribution < 1.29 is 54.9 Å². The molecule has 8 aromatic rings. The number of hydrogen-bond acceptors (Lipinski definition) is 15. The summed E-state index contributed by atoms with van der Waals surface area (Å²) in [6.07, 6.45) is -1.82. The third-order valence-electron chi connectivity index (χ3n) is 13.9. The Morgan fingerprint density at radius 1 is 0.602 bits per heavy atom. The molecule has 0 amide bonds. The second-order valence-electron chi connectivity index (χ2n) is 19.9. The summed E-state index contributed by atoms with van der Waals surface area (Å²) in [6, 6.07) is 9.88. The summed E-state index contributed by atoms with van der Waals surface area (Å²) in [5.41, 5.74) is -1.63. The van der Waals surface area contributed by atoms with E-state index in [-0.39, 0.29) is 106 Å². The number of fused-ring (bicyclic) bond motifs is 2. The highest BCUT2D eigenvalue weighted by molar-refractivity contribution is 5.79. The number of rotatable bonds is 18. The summed E-state index contributed by atoms with van der Waals surface area (Å²) in [7, 11) is 1.89. The minimum Gasteiger partial charge on any atom is -0.444 e. The third-order valence-corrected chi connectivity index (χ3v) is 13.9. The number of aryl methyl sites for hydroxylation is 2. The number of carbonyl (C=O) groups excluding carboxylic acids is 2. The first-order valence-electron chi connectivity index (χ1n) is 26.7. The van der Waals surface area contributed by atoms with E-state index >= 15 is 0 Å². The van der Waals surface area contributed by atoms with Gasteiger partial charge in [-0.2, -0.15) is 36.5 Å². The predicted octanol–water partition coefficient (Wildman–Crippen LogP) is 5.62. The van der Waals surface area contributed by atoms with Gasteiger partial charge in [0.15, 0.2) is 35.8 Å². The van der Waals surface area contributed by atoms with Gasteiger partial charge in [-0.3, -0.25) is 55.9 Å². The minimum atomic E-state index is -4.48. The van der Waals surface area contributed by atoms with E-state index < -0.39 is 70.6 Å². The van der Waals surface area contributed by atoms with Crippen LogP contribution in [0.5, 0.6) is 0 Å². The fourth-order valence-electron chi connectivity index (χ4n) is 9.85. The number of imidazole rings is 2. The van der Waals surface area contributed by atoms with Gasteiger partial charge < -0.3 is 23.8 Å². The number of ether oxygens (including phenoxy) is 4. The number of nitrogens with zero attached hydrogens (tertiary/aromatic N) is 13. The standard InChI is InChI=1S/C27H30F3N7O4.C27H29F3N6O6/c1-4-9-36-24(38)21-23(35(5-2)26(36)40)32-22(37(21)16-41-25(39)19-13-33(3)14-19)18-11-31-34(15-18)12-17-7-6-8-20(10-17)27(28,29)30;1-3-8-35-24(37)21-23(34(4-2)26(35)39)32-22(36(21)15-42-25(38)19-13-40-16-41-14-19)18-10-31-33(12-18)11-17-6-5-7-20(9-17)27(28,29)30/h6-8,10-11,15,19H,4-5,9,12-14,16H2,1-3H3;5-7,9-10,12,19H,3-4,8,11,13-16H2,1-2H3. The zero-order chi connectivity index (χ0) is 59.5. The van der Waals surface area contributed by atoms with Crippen molar-refractivity contribution in [1.29, 1.82) is 0 Å². The molecule has 29 heteroatoms. The van der Waals surface area contributed by atoms with Gasteiger partial charge in [0, 0.05) is 51.7 Å². The zero-order valence-corrected chi connectivity index (χ0v) is 45.9. The average molecular weight is 1160 g/mol. The summed E-state index contributed by atoms with van der Waals surface area (Å²) in [6.45, 7) is 8.89. The maximum absolute atomic E-state index is 13.6. The molecule has 6 aromatic heterocycles. The van der Waals surface area contributed by atoms with E-state index in [2.05, 4.69) is 20.2 Å². The van der Waals surface area contributed by atoms with Crippen LogP contribution >= 0.6 is 0 Å². The number of carbonyl (C=O) groups is 2. The van der Waals surface area contributed by atoms with E-state index in [0.29, 0.717) is 48.2 Å². The fourth-order valence-corrected chi connectivity index (χ4v) is 9.85. The van der Waals surface area contributed by atoms with E-state index in [4.69, 9.17) is 18.9 Å². The number of aromatic nitrogens is 12. The van der Waals surface area contributed by atoms with Crippen molar-refractivity contribution in [2.45, 2.75) is 106 Å². The van der Waals surface area contributed by atoms with Crippen molar-refractivity contribution in [1.82, 2.24) is 61.8 Å². The fraction of sp³-hybridized carbons (Fsp3) is 0.444. The number of halogens is 6. The lowest BCUT2D eigenvalue weighted by atomic mass is 10.0. The van der Waals surface area contributed by atoms with Gasteiger partial charge in [-0.05, 0) is 69.1 Å². The van der Waals surface area contributed by atoms with Gasteiger partial charge in [-0.1, -0.05) is 38.1 Å². The van der Waals surface area contributed by atoms with Crippen LogP contribution in [0.25, 0.3) is 45.1 Å². The normalized spacial score (nSPS) is 14.5. The highest BCUT2D eigenvalue weighted by atomic mass is 19.4. The smallest absolute Gasteiger partial charge is 0.416 e. The van der Waals surface area contributed by atoms with Gasteiger partial charge in [-0.25, -0.2) is 19.6 Å². The molecule has 0 bridgehead atoms. The van der Waals surface area contributed by atoms with Crippen molar-refractivity contribution in [2.75, 3.05) is 40.1 Å². The maximum atomic E-state index is 13.6. The summed E-state index contributed by atoms with van der Waals surface area (Å²) in [5, 5.41) is 8.57. The van der Waals surface area contributed by atoms with Crippen molar-refractivity contribution in [3.8, 4) is 22.8 Å². The molecular formula is C54H59F6N13O10. The maximum Gasteiger partial charge on any atom is 0.416 e. The first-order valence-corrected chi connectivity index (χ1v) is 26.7. The quantitative estimate of drug-likeness (QED) is 0.0749. The first kappa shape index (κ1) is 59.2. The van der Waals surface area contributed by atoms with Crippen LogP contribution in [0.4, 0.5) is 26.3 Å². The van der Waals surface area contributed by atoms with Gasteiger partial charge in [-0.15, -0.1) is 0 Å². The van der Waals surface area contributed by atoms with E-state index in [1.54, 1.807) is 38.4 Å². The Balaban J connectivity index is 0.000000200. The van der Waals surface area contributed by atoms with Crippen molar-refractivity contribution in [3.05, 3.63) is 137 Å². The molecule has 2 aromatic carbocycles. The second kappa shape index (κ2) is 24.6. The molecular weight excluding hydrogens is 1100 g/mol. The molecule has 2 saturated heterocycles. The topological polar surface area (TPSA) is 234 Å². The minimum absolute atomic E-state index is 0.0315. The van der Waals surface area contributed by atoms with E-state index in [9.17, 15) is 55.1 Å². The number of likely N-dealkylation sites (tertiary alicyclic amines) is 1. The van der Waals surface area contributed by atoms with Crippen LogP contribution in [0, 0.1) is 11.8 Å². The summed E-state index contributed by atoms with van der Waals surface area (Å²) in [4.78, 5) is 90.0. The Labute approximate surface area is 467 Å². The molecule has 2 fully saturated rings. The molecule has 8 heterocycles. The molecule has 0 N–H and O–H groups in total. The second-order valence-corrected chi connectivity index (χ2v) is 19.9. The molecule has 83 heavy (non-hydrogen) atoms. The van der Waals surface area contributed by atoms with Crippen LogP contribution in [-0.4, -0.2) is 114 Å². The lowest BCUT2D eigenvalue weighted by Crippen LogP contribution is -2.48. The molecule has 0 aliphatic carbocycles. The average Bonchev–Trinajstić information content (AvgIpc) is 3.64. The lowest BCUT2D eigenvalue weighted by molar-refractivity contribution is -0.174. The summed E-state index contributed by atoms with van der Waals surface area (Å²) in [5.74, 6) is -1.51. The Bertz CT molecular complexity index is 3930. The van der Waals surface area contributed by atoms with Crippen LogP contribution in [0.1, 0.15) is 62.8 Å². The molecule has 2 aliphatic rings. The van der Waals surface area contributed by atoms with Gasteiger partial charge in [0.1, 0.15) is 24.4 Å². The van der Waals surface area contributed by atoms with Crippen LogP contribution in [0.3, 0.4) is 0 Å². The highest BCUT2D eigenvalue weighted by Crippen LogP contribution is 2.32. The Kier molecular flexibility index (Phi) is 17.5. The Hall–Kier alpha value is -8.44. The van der Waals surface area contributed by atoms with Crippen LogP contribution < -0.4 is 22.5 Å². The van der Waals surface area contributed by atoms with Crippen LogP contribution in [-0.2, 0) is 93.6 Å². The van der Waals surface area contributed by atoms with Gasteiger partial charge >= 0.3 is 35.7 Å². The molecule has 0 radical (unpaired) electrons. The molecule has 0 atom stereocenters. The van der Waals surface area contributed by atoms with Crippen LogP contribution in [0.2, 0.25) is 0 Å². The lowest BCUT2D eigenvalue weighted by Gasteiger charge is -2.34. The number of esters is 2. The monoisotopic (exact) mass is 1160 g/mol. The summed E-state index contributed by atoms with van der Waals surface area (Å²) >= 11 is 0. The van der Waals surface area contributed by atoms with Gasteiger partial charge in [0.25, 0.3) is 11.1 Å². The molecule has 0 unspecified atom stereocenters.